The largest absolute Gasteiger partial charge is 0.351 e. The van der Waals surface area contributed by atoms with E-state index in [9.17, 15) is 18.0 Å². The van der Waals surface area contributed by atoms with Gasteiger partial charge in [-0.3, -0.25) is 4.79 Å². The molecule has 1 amide bonds. The van der Waals surface area contributed by atoms with Crippen LogP contribution in [0.15, 0.2) is 12.1 Å². The van der Waals surface area contributed by atoms with Gasteiger partial charge in [-0.2, -0.15) is 0 Å². The highest BCUT2D eigenvalue weighted by Crippen LogP contribution is 2.13. The number of nitrogens with one attached hydrogen (secondary N) is 2. The van der Waals surface area contributed by atoms with E-state index in [-0.39, 0.29) is 5.56 Å². The molecule has 0 spiro atoms. The quantitative estimate of drug-likeness (QED) is 0.602. The number of likely N-dealkylation sites (N-methyl/N-ethyl adjacent to an activating group) is 1. The number of benzene rings is 1. The van der Waals surface area contributed by atoms with Crippen molar-refractivity contribution in [1.29, 1.82) is 0 Å². The third-order valence-corrected chi connectivity index (χ3v) is 1.91. The van der Waals surface area contributed by atoms with Crippen molar-refractivity contribution in [2.24, 2.45) is 0 Å². The predicted molar refractivity (Wildman–Crippen MR) is 52.6 cm³/mol. The van der Waals surface area contributed by atoms with Crippen molar-refractivity contribution in [1.82, 2.24) is 10.6 Å². The van der Waals surface area contributed by atoms with E-state index in [0.29, 0.717) is 25.2 Å². The smallest absolute Gasteiger partial charge is 0.251 e. The van der Waals surface area contributed by atoms with Crippen molar-refractivity contribution >= 4 is 5.91 Å². The van der Waals surface area contributed by atoms with Crippen molar-refractivity contribution in [3.8, 4) is 0 Å². The van der Waals surface area contributed by atoms with Crippen LogP contribution in [0.3, 0.4) is 0 Å². The molecule has 88 valence electrons. The normalized spacial score (nSPS) is 10.2. The van der Waals surface area contributed by atoms with E-state index in [4.69, 9.17) is 0 Å². The summed E-state index contributed by atoms with van der Waals surface area (Å²) in [7, 11) is 1.70. The topological polar surface area (TPSA) is 41.1 Å². The number of rotatable bonds is 4. The van der Waals surface area contributed by atoms with Crippen molar-refractivity contribution in [2.75, 3.05) is 20.1 Å². The Morgan fingerprint density at radius 2 is 1.75 bits per heavy atom. The van der Waals surface area contributed by atoms with E-state index in [1.165, 1.54) is 0 Å². The maximum atomic E-state index is 12.8. The number of hydrogen-bond donors (Lipinski definition) is 2. The third kappa shape index (κ3) is 2.96. The van der Waals surface area contributed by atoms with E-state index in [1.807, 2.05) is 0 Å². The summed E-state index contributed by atoms with van der Waals surface area (Å²) in [6, 6.07) is 1.32. The monoisotopic (exact) mass is 232 g/mol. The highest BCUT2D eigenvalue weighted by molar-refractivity contribution is 5.94. The molecule has 0 radical (unpaired) electrons. The first kappa shape index (κ1) is 12.5. The van der Waals surface area contributed by atoms with Gasteiger partial charge in [0.1, 0.15) is 0 Å². The highest BCUT2D eigenvalue weighted by Gasteiger charge is 2.14. The average molecular weight is 232 g/mol. The first-order chi connectivity index (χ1) is 7.56. The fourth-order valence-corrected chi connectivity index (χ4v) is 1.09. The summed E-state index contributed by atoms with van der Waals surface area (Å²) in [5.41, 5.74) is -0.243. The Morgan fingerprint density at radius 3 is 2.25 bits per heavy atom. The number of halogens is 3. The zero-order valence-corrected chi connectivity index (χ0v) is 8.61. The molecular formula is C10H11F3N2O. The SMILES string of the molecule is CNCCNC(=O)c1cc(F)c(F)c(F)c1. The summed E-state index contributed by atoms with van der Waals surface area (Å²) in [6.07, 6.45) is 0. The van der Waals surface area contributed by atoms with Gasteiger partial charge in [0.05, 0.1) is 0 Å². The van der Waals surface area contributed by atoms with Gasteiger partial charge in [-0.25, -0.2) is 13.2 Å². The van der Waals surface area contributed by atoms with Crippen LogP contribution in [0.1, 0.15) is 10.4 Å². The second-order valence-electron chi connectivity index (χ2n) is 3.11. The van der Waals surface area contributed by atoms with Gasteiger partial charge in [0.25, 0.3) is 5.91 Å². The van der Waals surface area contributed by atoms with Crippen LogP contribution in [0.2, 0.25) is 0 Å². The molecule has 0 aliphatic rings. The molecule has 0 unspecified atom stereocenters. The molecule has 0 saturated heterocycles. The summed E-state index contributed by atoms with van der Waals surface area (Å²) >= 11 is 0. The Morgan fingerprint density at radius 1 is 1.19 bits per heavy atom. The Balaban J connectivity index is 2.76. The summed E-state index contributed by atoms with van der Waals surface area (Å²) in [5.74, 6) is -4.97. The minimum absolute atomic E-state index is 0.243. The first-order valence-electron chi connectivity index (χ1n) is 4.63. The fraction of sp³-hybridized carbons (Fsp3) is 0.300. The minimum atomic E-state index is -1.58. The van der Waals surface area contributed by atoms with Crippen LogP contribution in [0.5, 0.6) is 0 Å². The molecule has 0 fully saturated rings. The van der Waals surface area contributed by atoms with E-state index in [0.717, 1.165) is 0 Å². The Hall–Kier alpha value is -1.56. The van der Waals surface area contributed by atoms with Crippen LogP contribution in [0.4, 0.5) is 13.2 Å². The second-order valence-corrected chi connectivity index (χ2v) is 3.11. The molecule has 2 N–H and O–H groups in total. The molecular weight excluding hydrogens is 221 g/mol. The summed E-state index contributed by atoms with van der Waals surface area (Å²) in [6.45, 7) is 0.841. The van der Waals surface area contributed by atoms with E-state index in [2.05, 4.69) is 10.6 Å². The maximum Gasteiger partial charge on any atom is 0.251 e. The molecule has 1 rings (SSSR count). The molecule has 0 atom stereocenters. The number of amides is 1. The molecule has 3 nitrogen and oxygen atoms in total. The summed E-state index contributed by atoms with van der Waals surface area (Å²) < 4.78 is 38.2. The molecule has 1 aromatic carbocycles. The first-order valence-corrected chi connectivity index (χ1v) is 4.63. The van der Waals surface area contributed by atoms with Crippen molar-refractivity contribution in [2.45, 2.75) is 0 Å². The van der Waals surface area contributed by atoms with Gasteiger partial charge in [0.15, 0.2) is 17.5 Å². The molecule has 6 heteroatoms. The van der Waals surface area contributed by atoms with E-state index < -0.39 is 23.4 Å². The van der Waals surface area contributed by atoms with Gasteiger partial charge in [-0.15, -0.1) is 0 Å². The van der Waals surface area contributed by atoms with Gasteiger partial charge >= 0.3 is 0 Å². The lowest BCUT2D eigenvalue weighted by molar-refractivity contribution is 0.0953. The number of carbonyl (C=O) groups excluding carboxylic acids is 1. The molecule has 0 aromatic heterocycles. The Labute approximate surface area is 90.6 Å². The van der Waals surface area contributed by atoms with Crippen LogP contribution in [-0.2, 0) is 0 Å². The fourth-order valence-electron chi connectivity index (χ4n) is 1.09. The van der Waals surface area contributed by atoms with Crippen LogP contribution in [0.25, 0.3) is 0 Å². The van der Waals surface area contributed by atoms with Gasteiger partial charge < -0.3 is 10.6 Å². The van der Waals surface area contributed by atoms with Crippen molar-refractivity contribution in [3.05, 3.63) is 35.1 Å². The standard InChI is InChI=1S/C10H11F3N2O/c1-14-2-3-15-10(16)6-4-7(11)9(13)8(12)5-6/h4-5,14H,2-3H2,1H3,(H,15,16). The molecule has 0 bridgehead atoms. The van der Waals surface area contributed by atoms with Gasteiger partial charge in [0, 0.05) is 18.7 Å². The molecule has 1 aromatic rings. The van der Waals surface area contributed by atoms with Crippen LogP contribution < -0.4 is 10.6 Å². The molecule has 0 aliphatic heterocycles. The second kappa shape index (κ2) is 5.50. The van der Waals surface area contributed by atoms with Crippen molar-refractivity contribution < 1.29 is 18.0 Å². The maximum absolute atomic E-state index is 12.8. The zero-order chi connectivity index (χ0) is 12.1. The Kier molecular flexibility index (Phi) is 4.30. The molecule has 0 heterocycles. The van der Waals surface area contributed by atoms with Crippen LogP contribution in [-0.4, -0.2) is 26.0 Å². The molecule has 0 saturated carbocycles. The Bertz CT molecular complexity index is 373. The minimum Gasteiger partial charge on any atom is -0.351 e. The summed E-state index contributed by atoms with van der Waals surface area (Å²) in [5, 5.41) is 5.20. The molecule has 0 aliphatic carbocycles. The van der Waals surface area contributed by atoms with Gasteiger partial charge in [-0.05, 0) is 19.2 Å². The molecule has 16 heavy (non-hydrogen) atoms. The van der Waals surface area contributed by atoms with Gasteiger partial charge in [-0.1, -0.05) is 0 Å². The highest BCUT2D eigenvalue weighted by atomic mass is 19.2. The number of carbonyl (C=O) groups is 1. The van der Waals surface area contributed by atoms with Crippen LogP contribution >= 0.6 is 0 Å². The van der Waals surface area contributed by atoms with Gasteiger partial charge in [0.2, 0.25) is 0 Å². The van der Waals surface area contributed by atoms with E-state index >= 15 is 0 Å². The zero-order valence-electron chi connectivity index (χ0n) is 8.61. The lowest BCUT2D eigenvalue weighted by Crippen LogP contribution is -2.30. The predicted octanol–water partition coefficient (Wildman–Crippen LogP) is 1.05. The summed E-state index contributed by atoms with van der Waals surface area (Å²) in [4.78, 5) is 11.3. The lowest BCUT2D eigenvalue weighted by Gasteiger charge is -2.05. The average Bonchev–Trinajstić information content (AvgIpc) is 2.25. The number of hydrogen-bond acceptors (Lipinski definition) is 2. The van der Waals surface area contributed by atoms with Crippen LogP contribution in [0, 0.1) is 17.5 Å². The third-order valence-electron chi connectivity index (χ3n) is 1.91. The van der Waals surface area contributed by atoms with Crippen molar-refractivity contribution in [3.63, 3.8) is 0 Å². The van der Waals surface area contributed by atoms with E-state index in [1.54, 1.807) is 7.05 Å². The lowest BCUT2D eigenvalue weighted by atomic mass is 10.2.